The van der Waals surface area contributed by atoms with E-state index in [9.17, 15) is 14.7 Å². The van der Waals surface area contributed by atoms with Gasteiger partial charge in [0.15, 0.2) is 6.04 Å². The summed E-state index contributed by atoms with van der Waals surface area (Å²) in [4.78, 5) is 27.0. The minimum Gasteiger partial charge on any atom is -0.479 e. The number of benzene rings is 1. The van der Waals surface area contributed by atoms with Crippen molar-refractivity contribution in [2.45, 2.75) is 6.04 Å². The first-order chi connectivity index (χ1) is 10.2. The first-order valence-electron chi connectivity index (χ1n) is 6.33. The van der Waals surface area contributed by atoms with Gasteiger partial charge in [-0.2, -0.15) is 0 Å². The topological polar surface area (TPSA) is 79.3 Å². The van der Waals surface area contributed by atoms with Crippen LogP contribution in [0.15, 0.2) is 60.9 Å². The number of amides is 1. The molecule has 0 saturated carbocycles. The van der Waals surface area contributed by atoms with Gasteiger partial charge in [-0.05, 0) is 23.3 Å². The summed E-state index contributed by atoms with van der Waals surface area (Å²) in [5.41, 5.74) is 1.28. The van der Waals surface area contributed by atoms with Crippen molar-refractivity contribution >= 4 is 18.0 Å². The Morgan fingerprint density at radius 2 is 1.90 bits per heavy atom. The fourth-order valence-electron chi connectivity index (χ4n) is 1.77. The van der Waals surface area contributed by atoms with E-state index < -0.39 is 17.9 Å². The molecule has 21 heavy (non-hydrogen) atoms. The number of hydrogen-bond acceptors (Lipinski definition) is 3. The Kier molecular flexibility index (Phi) is 4.82. The Morgan fingerprint density at radius 3 is 2.52 bits per heavy atom. The molecule has 2 rings (SSSR count). The SMILES string of the molecule is O=C(/C=C/c1cccnc1)N[C@H](C(=O)O)c1ccccc1. The molecule has 0 unspecified atom stereocenters. The highest BCUT2D eigenvalue weighted by Crippen LogP contribution is 2.12. The zero-order valence-corrected chi connectivity index (χ0v) is 11.1. The fourth-order valence-corrected chi connectivity index (χ4v) is 1.77. The van der Waals surface area contributed by atoms with Gasteiger partial charge in [0.2, 0.25) is 5.91 Å². The third-order valence-electron chi connectivity index (χ3n) is 2.78. The molecule has 0 fully saturated rings. The van der Waals surface area contributed by atoms with Crippen LogP contribution in [0.3, 0.4) is 0 Å². The maximum atomic E-state index is 11.8. The fraction of sp³-hybridized carbons (Fsp3) is 0.0625. The predicted octanol–water partition coefficient (Wildman–Crippen LogP) is 2.04. The van der Waals surface area contributed by atoms with Gasteiger partial charge in [0, 0.05) is 18.5 Å². The number of aromatic nitrogens is 1. The van der Waals surface area contributed by atoms with Crippen molar-refractivity contribution in [3.05, 3.63) is 72.1 Å². The number of carboxylic acids is 1. The smallest absolute Gasteiger partial charge is 0.330 e. The van der Waals surface area contributed by atoms with E-state index in [0.717, 1.165) is 5.56 Å². The summed E-state index contributed by atoms with van der Waals surface area (Å²) in [6, 6.07) is 11.0. The average molecular weight is 282 g/mol. The first-order valence-corrected chi connectivity index (χ1v) is 6.33. The highest BCUT2D eigenvalue weighted by molar-refractivity contribution is 5.94. The van der Waals surface area contributed by atoms with Gasteiger partial charge in [0.1, 0.15) is 0 Å². The molecule has 0 radical (unpaired) electrons. The highest BCUT2D eigenvalue weighted by atomic mass is 16.4. The zero-order chi connectivity index (χ0) is 15.1. The van der Waals surface area contributed by atoms with Gasteiger partial charge in [-0.15, -0.1) is 0 Å². The van der Waals surface area contributed by atoms with E-state index in [1.54, 1.807) is 60.9 Å². The summed E-state index contributed by atoms with van der Waals surface area (Å²) < 4.78 is 0. The summed E-state index contributed by atoms with van der Waals surface area (Å²) in [7, 11) is 0. The molecule has 0 aliphatic rings. The van der Waals surface area contributed by atoms with Gasteiger partial charge in [0.05, 0.1) is 0 Å². The molecule has 0 bridgehead atoms. The number of rotatable bonds is 5. The average Bonchev–Trinajstić information content (AvgIpc) is 2.52. The molecule has 5 heteroatoms. The van der Waals surface area contributed by atoms with E-state index in [2.05, 4.69) is 10.3 Å². The minimum atomic E-state index is -1.11. The van der Waals surface area contributed by atoms with Crippen LogP contribution in [-0.2, 0) is 9.59 Å². The van der Waals surface area contributed by atoms with E-state index in [0.29, 0.717) is 5.56 Å². The number of nitrogens with one attached hydrogen (secondary N) is 1. The molecule has 5 nitrogen and oxygen atoms in total. The molecular weight excluding hydrogens is 268 g/mol. The highest BCUT2D eigenvalue weighted by Gasteiger charge is 2.20. The largest absolute Gasteiger partial charge is 0.479 e. The first kappa shape index (κ1) is 14.5. The lowest BCUT2D eigenvalue weighted by atomic mass is 10.1. The van der Waals surface area contributed by atoms with Gasteiger partial charge in [-0.3, -0.25) is 9.78 Å². The molecule has 2 N–H and O–H groups in total. The lowest BCUT2D eigenvalue weighted by Crippen LogP contribution is -2.32. The molecule has 0 spiro atoms. The normalized spacial score (nSPS) is 12.0. The second-order valence-electron chi connectivity index (χ2n) is 4.31. The van der Waals surface area contributed by atoms with Crippen molar-refractivity contribution in [1.29, 1.82) is 0 Å². The van der Waals surface area contributed by atoms with Gasteiger partial charge in [-0.25, -0.2) is 4.79 Å². The second kappa shape index (κ2) is 7.00. The Morgan fingerprint density at radius 1 is 1.14 bits per heavy atom. The van der Waals surface area contributed by atoms with Gasteiger partial charge in [-0.1, -0.05) is 36.4 Å². The molecular formula is C16H14N2O3. The summed E-state index contributed by atoms with van der Waals surface area (Å²) in [5.74, 6) is -1.58. The maximum Gasteiger partial charge on any atom is 0.330 e. The van der Waals surface area contributed by atoms with E-state index in [4.69, 9.17) is 0 Å². The molecule has 0 aliphatic carbocycles. The molecule has 106 valence electrons. The lowest BCUT2D eigenvalue weighted by molar-refractivity contribution is -0.141. The number of pyridine rings is 1. The van der Waals surface area contributed by atoms with Gasteiger partial charge < -0.3 is 10.4 Å². The molecule has 0 aliphatic heterocycles. The molecule has 0 saturated heterocycles. The van der Waals surface area contributed by atoms with Crippen molar-refractivity contribution in [2.24, 2.45) is 0 Å². The van der Waals surface area contributed by atoms with Crippen molar-refractivity contribution in [2.75, 3.05) is 0 Å². The molecule has 1 aromatic heterocycles. The van der Waals surface area contributed by atoms with Crippen LogP contribution in [0.2, 0.25) is 0 Å². The number of carbonyl (C=O) groups is 2. The van der Waals surface area contributed by atoms with Crippen molar-refractivity contribution < 1.29 is 14.7 Å². The number of nitrogens with zero attached hydrogens (tertiary/aromatic N) is 1. The monoisotopic (exact) mass is 282 g/mol. The number of aliphatic carboxylic acids is 1. The van der Waals surface area contributed by atoms with Crippen molar-refractivity contribution in [3.8, 4) is 0 Å². The Hall–Kier alpha value is -2.95. The Bertz CT molecular complexity index is 639. The van der Waals surface area contributed by atoms with Gasteiger partial charge in [0.25, 0.3) is 0 Å². The van der Waals surface area contributed by atoms with Crippen LogP contribution in [0.25, 0.3) is 6.08 Å². The predicted molar refractivity (Wildman–Crippen MR) is 78.2 cm³/mol. The van der Waals surface area contributed by atoms with Crippen LogP contribution < -0.4 is 5.32 Å². The third kappa shape index (κ3) is 4.28. The molecule has 1 amide bonds. The quantitative estimate of drug-likeness (QED) is 0.822. The van der Waals surface area contributed by atoms with Crippen molar-refractivity contribution in [3.63, 3.8) is 0 Å². The number of carbonyl (C=O) groups excluding carboxylic acids is 1. The number of carboxylic acid groups (broad SMARTS) is 1. The van der Waals surface area contributed by atoms with E-state index in [1.165, 1.54) is 6.08 Å². The zero-order valence-electron chi connectivity index (χ0n) is 11.1. The number of hydrogen-bond donors (Lipinski definition) is 2. The van der Waals surface area contributed by atoms with Crippen LogP contribution in [0.4, 0.5) is 0 Å². The summed E-state index contributed by atoms with van der Waals surface area (Å²) >= 11 is 0. The Labute approximate surface area is 122 Å². The van der Waals surface area contributed by atoms with Crippen molar-refractivity contribution in [1.82, 2.24) is 10.3 Å². The van der Waals surface area contributed by atoms with Crippen LogP contribution in [-0.4, -0.2) is 22.0 Å². The van der Waals surface area contributed by atoms with Gasteiger partial charge >= 0.3 is 5.97 Å². The second-order valence-corrected chi connectivity index (χ2v) is 4.31. The molecule has 1 heterocycles. The standard InChI is InChI=1S/C16H14N2O3/c19-14(9-8-12-5-4-10-17-11-12)18-15(16(20)21)13-6-2-1-3-7-13/h1-11,15H,(H,18,19)(H,20,21)/b9-8+/t15-/m0/s1. The van der Waals surface area contributed by atoms with E-state index in [-0.39, 0.29) is 0 Å². The maximum absolute atomic E-state index is 11.8. The van der Waals surface area contributed by atoms with Crippen LogP contribution in [0, 0.1) is 0 Å². The lowest BCUT2D eigenvalue weighted by Gasteiger charge is -2.13. The van der Waals surface area contributed by atoms with Crippen LogP contribution in [0.5, 0.6) is 0 Å². The minimum absolute atomic E-state index is 0.477. The summed E-state index contributed by atoms with van der Waals surface area (Å²) in [6.07, 6.45) is 6.10. The van der Waals surface area contributed by atoms with E-state index >= 15 is 0 Å². The van der Waals surface area contributed by atoms with Crippen LogP contribution in [0.1, 0.15) is 17.2 Å². The summed E-state index contributed by atoms with van der Waals surface area (Å²) in [5, 5.41) is 11.7. The third-order valence-corrected chi connectivity index (χ3v) is 2.78. The molecule has 1 aromatic carbocycles. The molecule has 2 aromatic rings. The van der Waals surface area contributed by atoms with E-state index in [1.807, 2.05) is 0 Å². The summed E-state index contributed by atoms with van der Waals surface area (Å²) in [6.45, 7) is 0. The molecule has 1 atom stereocenters. The van der Waals surface area contributed by atoms with Crippen LogP contribution >= 0.6 is 0 Å². The Balaban J connectivity index is 2.06.